The van der Waals surface area contributed by atoms with Gasteiger partial charge in [-0.2, -0.15) is 0 Å². The average Bonchev–Trinajstić information content (AvgIpc) is 2.47. The van der Waals surface area contributed by atoms with Gasteiger partial charge in [0.1, 0.15) is 0 Å². The van der Waals surface area contributed by atoms with Crippen LogP contribution in [0.5, 0.6) is 0 Å². The Morgan fingerprint density at radius 3 is 1.32 bits per heavy atom. The molecule has 19 heavy (non-hydrogen) atoms. The minimum absolute atomic E-state index is 0.191. The molecule has 2 aromatic rings. The largest absolute Gasteiger partial charge is 0.291 e. The van der Waals surface area contributed by atoms with Crippen molar-refractivity contribution in [2.45, 2.75) is 11.0 Å². The quantitative estimate of drug-likeness (QED) is 0.426. The molecule has 0 amide bonds. The van der Waals surface area contributed by atoms with Crippen molar-refractivity contribution in [3.63, 3.8) is 0 Å². The van der Waals surface area contributed by atoms with Crippen LogP contribution in [0.25, 0.3) is 0 Å². The molecule has 0 saturated carbocycles. The molecule has 0 fully saturated rings. The molecule has 2 rings (SSSR count). The van der Waals surface area contributed by atoms with Gasteiger partial charge < -0.3 is 0 Å². The third kappa shape index (κ3) is 3.11. The Balaban J connectivity index is 2.27. The Kier molecular flexibility index (Phi) is 4.51. The SMILES string of the molecule is C[N+](C)(C(Cl)c1ccccc1)C(Cl)c1ccccc1. The Labute approximate surface area is 125 Å². The molecule has 0 heterocycles. The molecular weight excluding hydrogens is 277 g/mol. The highest BCUT2D eigenvalue weighted by atomic mass is 35.5. The molecule has 0 aliphatic heterocycles. The van der Waals surface area contributed by atoms with Gasteiger partial charge in [0.25, 0.3) is 0 Å². The molecule has 1 nitrogen and oxygen atoms in total. The number of quaternary nitrogens is 1. The van der Waals surface area contributed by atoms with Gasteiger partial charge in [-0.25, -0.2) is 0 Å². The minimum Gasteiger partial charge on any atom is -0.291 e. The third-order valence-corrected chi connectivity index (χ3v) is 4.83. The van der Waals surface area contributed by atoms with Crippen molar-refractivity contribution in [3.05, 3.63) is 71.8 Å². The maximum atomic E-state index is 6.63. The molecule has 0 spiro atoms. The third-order valence-electron chi connectivity index (χ3n) is 3.32. The highest BCUT2D eigenvalue weighted by Gasteiger charge is 2.35. The summed E-state index contributed by atoms with van der Waals surface area (Å²) in [6.45, 7) is 0. The van der Waals surface area contributed by atoms with Crippen molar-refractivity contribution in [2.75, 3.05) is 14.1 Å². The molecule has 0 aliphatic carbocycles. The first-order valence-corrected chi connectivity index (χ1v) is 7.12. The summed E-state index contributed by atoms with van der Waals surface area (Å²) in [5.74, 6) is 0. The van der Waals surface area contributed by atoms with E-state index in [1.165, 1.54) is 0 Å². The summed E-state index contributed by atoms with van der Waals surface area (Å²) in [5, 5.41) is 0. The number of nitrogens with zero attached hydrogens (tertiary/aromatic N) is 1. The van der Waals surface area contributed by atoms with Crippen molar-refractivity contribution in [1.29, 1.82) is 0 Å². The van der Waals surface area contributed by atoms with Crippen LogP contribution in [-0.2, 0) is 0 Å². The minimum atomic E-state index is -0.191. The van der Waals surface area contributed by atoms with Crippen LogP contribution in [0.15, 0.2) is 60.7 Å². The zero-order chi connectivity index (χ0) is 13.9. The van der Waals surface area contributed by atoms with Crippen LogP contribution < -0.4 is 0 Å². The molecule has 0 aliphatic rings. The van der Waals surface area contributed by atoms with Crippen LogP contribution in [0.3, 0.4) is 0 Å². The lowest BCUT2D eigenvalue weighted by molar-refractivity contribution is -0.924. The summed E-state index contributed by atoms with van der Waals surface area (Å²) in [7, 11) is 4.10. The van der Waals surface area contributed by atoms with Crippen LogP contribution in [0, 0.1) is 0 Å². The normalized spacial score (nSPS) is 14.9. The summed E-state index contributed by atoms with van der Waals surface area (Å²) in [6, 6.07) is 20.1. The van der Waals surface area contributed by atoms with E-state index in [0.717, 1.165) is 11.1 Å². The second-order valence-electron chi connectivity index (χ2n) is 5.12. The van der Waals surface area contributed by atoms with Gasteiger partial charge in [0.2, 0.25) is 0 Å². The van der Waals surface area contributed by atoms with Crippen molar-refractivity contribution >= 4 is 23.2 Å². The first kappa shape index (κ1) is 14.4. The lowest BCUT2D eigenvalue weighted by Crippen LogP contribution is -2.42. The van der Waals surface area contributed by atoms with Crippen molar-refractivity contribution in [1.82, 2.24) is 0 Å². The standard InChI is InChI=1S/C16H18Cl2N/c1-19(2,15(17)13-9-5-3-6-10-13)16(18)14-11-7-4-8-12-14/h3-12,15-16H,1-2H3/q+1. The van der Waals surface area contributed by atoms with E-state index >= 15 is 0 Å². The molecule has 0 saturated heterocycles. The fourth-order valence-electron chi connectivity index (χ4n) is 2.11. The second kappa shape index (κ2) is 5.96. The number of rotatable bonds is 4. The van der Waals surface area contributed by atoms with Crippen LogP contribution >= 0.6 is 23.2 Å². The van der Waals surface area contributed by atoms with Crippen molar-refractivity contribution in [2.24, 2.45) is 0 Å². The highest BCUT2D eigenvalue weighted by Crippen LogP contribution is 2.40. The lowest BCUT2D eigenvalue weighted by atomic mass is 10.1. The van der Waals surface area contributed by atoms with Crippen molar-refractivity contribution in [3.8, 4) is 0 Å². The molecule has 2 unspecified atom stereocenters. The molecule has 0 radical (unpaired) electrons. The van der Waals surface area contributed by atoms with Crippen molar-refractivity contribution < 1.29 is 4.48 Å². The lowest BCUT2D eigenvalue weighted by Gasteiger charge is -2.38. The maximum absolute atomic E-state index is 6.63. The van der Waals surface area contributed by atoms with E-state index in [9.17, 15) is 0 Å². The van der Waals surface area contributed by atoms with Crippen LogP contribution in [0.2, 0.25) is 0 Å². The number of hydrogen-bond acceptors (Lipinski definition) is 0. The van der Waals surface area contributed by atoms with E-state index in [2.05, 4.69) is 14.1 Å². The Bertz CT molecular complexity index is 463. The molecule has 2 aromatic carbocycles. The fourth-order valence-corrected chi connectivity index (χ4v) is 2.68. The molecule has 0 bridgehead atoms. The fraction of sp³-hybridized carbons (Fsp3) is 0.250. The van der Waals surface area contributed by atoms with E-state index in [1.807, 2.05) is 60.7 Å². The molecule has 0 N–H and O–H groups in total. The van der Waals surface area contributed by atoms with E-state index in [0.29, 0.717) is 4.48 Å². The predicted molar refractivity (Wildman–Crippen MR) is 82.2 cm³/mol. The van der Waals surface area contributed by atoms with Crippen LogP contribution in [-0.4, -0.2) is 18.6 Å². The van der Waals surface area contributed by atoms with Gasteiger partial charge in [-0.1, -0.05) is 83.9 Å². The monoisotopic (exact) mass is 294 g/mol. The number of benzene rings is 2. The zero-order valence-electron chi connectivity index (χ0n) is 11.1. The number of hydrogen-bond donors (Lipinski definition) is 0. The van der Waals surface area contributed by atoms with Gasteiger partial charge >= 0.3 is 0 Å². The summed E-state index contributed by atoms with van der Waals surface area (Å²) in [4.78, 5) is 0. The van der Waals surface area contributed by atoms with Gasteiger partial charge in [0, 0.05) is 11.1 Å². The van der Waals surface area contributed by atoms with E-state index < -0.39 is 0 Å². The molecule has 2 atom stereocenters. The van der Waals surface area contributed by atoms with E-state index in [4.69, 9.17) is 23.2 Å². The Hall–Kier alpha value is -1.02. The number of alkyl halides is 2. The van der Waals surface area contributed by atoms with Crippen LogP contribution in [0.1, 0.15) is 22.1 Å². The molecule has 0 aromatic heterocycles. The summed E-state index contributed by atoms with van der Waals surface area (Å²) in [5.41, 5.74) is 1.78. The van der Waals surface area contributed by atoms with Gasteiger partial charge in [-0.05, 0) is 0 Å². The average molecular weight is 295 g/mol. The molecule has 100 valence electrons. The molecular formula is C16H18Cl2N+. The summed E-state index contributed by atoms with van der Waals surface area (Å²) in [6.07, 6.45) is 0. The van der Waals surface area contributed by atoms with Gasteiger partial charge in [0.05, 0.1) is 14.1 Å². The highest BCUT2D eigenvalue weighted by molar-refractivity contribution is 6.21. The molecule has 3 heteroatoms. The van der Waals surface area contributed by atoms with E-state index in [-0.39, 0.29) is 11.0 Å². The summed E-state index contributed by atoms with van der Waals surface area (Å²) >= 11 is 13.3. The van der Waals surface area contributed by atoms with E-state index in [1.54, 1.807) is 0 Å². The first-order chi connectivity index (χ1) is 9.03. The van der Waals surface area contributed by atoms with Gasteiger partial charge in [-0.15, -0.1) is 0 Å². The maximum Gasteiger partial charge on any atom is 0.191 e. The smallest absolute Gasteiger partial charge is 0.191 e. The topological polar surface area (TPSA) is 0 Å². The first-order valence-electron chi connectivity index (χ1n) is 6.25. The predicted octanol–water partition coefficient (Wildman–Crippen LogP) is 4.94. The Morgan fingerprint density at radius 2 is 1.00 bits per heavy atom. The van der Waals surface area contributed by atoms with Crippen LogP contribution in [0.4, 0.5) is 0 Å². The number of halogens is 2. The zero-order valence-corrected chi connectivity index (χ0v) is 12.6. The second-order valence-corrected chi connectivity index (χ2v) is 5.95. The van der Waals surface area contributed by atoms with Gasteiger partial charge in [-0.3, -0.25) is 4.48 Å². The summed E-state index contributed by atoms with van der Waals surface area (Å²) < 4.78 is 0.483. The van der Waals surface area contributed by atoms with Gasteiger partial charge in [0.15, 0.2) is 11.0 Å². The Morgan fingerprint density at radius 1 is 0.684 bits per heavy atom.